The van der Waals surface area contributed by atoms with Crippen molar-refractivity contribution in [1.29, 1.82) is 0 Å². The molecule has 3 aromatic carbocycles. The Morgan fingerprint density at radius 3 is 2.47 bits per heavy atom. The van der Waals surface area contributed by atoms with Crippen molar-refractivity contribution in [2.45, 2.75) is 19.5 Å². The summed E-state index contributed by atoms with van der Waals surface area (Å²) < 4.78 is 7.30. The van der Waals surface area contributed by atoms with E-state index in [9.17, 15) is 4.79 Å². The average Bonchev–Trinajstić information content (AvgIpc) is 3.14. The van der Waals surface area contributed by atoms with Crippen molar-refractivity contribution in [2.75, 3.05) is 7.11 Å². The van der Waals surface area contributed by atoms with Crippen LogP contribution in [-0.2, 0) is 6.54 Å². The van der Waals surface area contributed by atoms with Gasteiger partial charge in [-0.2, -0.15) is 0 Å². The smallest absolute Gasteiger partial charge is 0.251 e. The molecule has 6 heteroatoms. The number of hydrogen-bond donors (Lipinski definition) is 1. The summed E-state index contributed by atoms with van der Waals surface area (Å²) in [4.78, 5) is 17.5. The Kier molecular flexibility index (Phi) is 5.72. The van der Waals surface area contributed by atoms with Gasteiger partial charge < -0.3 is 14.6 Å². The molecule has 4 rings (SSSR count). The van der Waals surface area contributed by atoms with Gasteiger partial charge in [0.2, 0.25) is 0 Å². The molecule has 0 radical (unpaired) electrons. The molecule has 1 heterocycles. The van der Waals surface area contributed by atoms with Crippen molar-refractivity contribution in [3.05, 3.63) is 94.8 Å². The van der Waals surface area contributed by atoms with Gasteiger partial charge in [0, 0.05) is 17.1 Å². The standard InChI is InChI=1S/C24H22ClN3O2/c1-16(26-24(29)18-9-13-20(30-2)14-10-18)23-27-21-5-3-4-6-22(21)28(23)15-17-7-11-19(25)12-8-17/h3-14,16H,15H2,1-2H3,(H,26,29). The monoisotopic (exact) mass is 419 g/mol. The highest BCUT2D eigenvalue weighted by atomic mass is 35.5. The molecule has 0 saturated heterocycles. The number of carbonyl (C=O) groups is 1. The van der Waals surface area contributed by atoms with Crippen LogP contribution in [0.2, 0.25) is 5.02 Å². The van der Waals surface area contributed by atoms with Crippen LogP contribution >= 0.6 is 11.6 Å². The van der Waals surface area contributed by atoms with Gasteiger partial charge in [-0.3, -0.25) is 4.79 Å². The number of ether oxygens (including phenoxy) is 1. The van der Waals surface area contributed by atoms with Crippen molar-refractivity contribution in [3.8, 4) is 5.75 Å². The molecule has 1 aromatic heterocycles. The molecular weight excluding hydrogens is 398 g/mol. The Morgan fingerprint density at radius 1 is 1.07 bits per heavy atom. The van der Waals surface area contributed by atoms with E-state index >= 15 is 0 Å². The number of fused-ring (bicyclic) bond motifs is 1. The van der Waals surface area contributed by atoms with Crippen LogP contribution in [0.5, 0.6) is 5.75 Å². The van der Waals surface area contributed by atoms with Crippen molar-refractivity contribution >= 4 is 28.5 Å². The highest BCUT2D eigenvalue weighted by Crippen LogP contribution is 2.23. The van der Waals surface area contributed by atoms with Gasteiger partial charge in [0.1, 0.15) is 11.6 Å². The van der Waals surface area contributed by atoms with Crippen molar-refractivity contribution < 1.29 is 9.53 Å². The van der Waals surface area contributed by atoms with Crippen molar-refractivity contribution in [3.63, 3.8) is 0 Å². The molecular formula is C24H22ClN3O2. The third-order valence-corrected chi connectivity index (χ3v) is 5.28. The Hall–Kier alpha value is -3.31. The van der Waals surface area contributed by atoms with Crippen molar-refractivity contribution in [1.82, 2.24) is 14.9 Å². The van der Waals surface area contributed by atoms with Gasteiger partial charge in [-0.15, -0.1) is 0 Å². The fourth-order valence-corrected chi connectivity index (χ4v) is 3.58. The van der Waals surface area contributed by atoms with Gasteiger partial charge in [0.05, 0.1) is 24.2 Å². The zero-order valence-electron chi connectivity index (χ0n) is 16.8. The van der Waals surface area contributed by atoms with E-state index in [1.54, 1.807) is 31.4 Å². The number of aromatic nitrogens is 2. The number of amides is 1. The highest BCUT2D eigenvalue weighted by molar-refractivity contribution is 6.30. The molecule has 0 saturated carbocycles. The number of nitrogens with one attached hydrogen (secondary N) is 1. The third kappa shape index (κ3) is 4.16. The summed E-state index contributed by atoms with van der Waals surface area (Å²) in [6.07, 6.45) is 0. The lowest BCUT2D eigenvalue weighted by Gasteiger charge is -2.17. The van der Waals surface area contributed by atoms with E-state index in [4.69, 9.17) is 21.3 Å². The molecule has 5 nitrogen and oxygen atoms in total. The molecule has 0 bridgehead atoms. The van der Waals surface area contributed by atoms with Crippen LogP contribution in [0.15, 0.2) is 72.8 Å². The molecule has 152 valence electrons. The Bertz CT molecular complexity index is 1170. The van der Waals surface area contributed by atoms with Gasteiger partial charge in [0.15, 0.2) is 0 Å². The first-order chi connectivity index (χ1) is 14.5. The zero-order chi connectivity index (χ0) is 21.1. The summed E-state index contributed by atoms with van der Waals surface area (Å²) in [6.45, 7) is 2.58. The molecule has 4 aromatic rings. The second-order valence-corrected chi connectivity index (χ2v) is 7.53. The van der Waals surface area contributed by atoms with Gasteiger partial charge in [-0.1, -0.05) is 35.9 Å². The fourth-order valence-electron chi connectivity index (χ4n) is 3.45. The predicted molar refractivity (Wildman–Crippen MR) is 119 cm³/mol. The second-order valence-electron chi connectivity index (χ2n) is 7.09. The molecule has 1 amide bonds. The zero-order valence-corrected chi connectivity index (χ0v) is 17.6. The highest BCUT2D eigenvalue weighted by Gasteiger charge is 2.19. The van der Waals surface area contributed by atoms with Crippen LogP contribution in [0.3, 0.4) is 0 Å². The first kappa shape index (κ1) is 20.0. The largest absolute Gasteiger partial charge is 0.497 e. The predicted octanol–water partition coefficient (Wildman–Crippen LogP) is 5.24. The number of rotatable bonds is 6. The first-order valence-electron chi connectivity index (χ1n) is 9.69. The summed E-state index contributed by atoms with van der Waals surface area (Å²) in [6, 6.07) is 22.5. The molecule has 0 fully saturated rings. The molecule has 0 aliphatic heterocycles. The molecule has 1 N–H and O–H groups in total. The maximum Gasteiger partial charge on any atom is 0.251 e. The van der Waals surface area contributed by atoms with E-state index < -0.39 is 0 Å². The molecule has 1 unspecified atom stereocenters. The van der Waals surface area contributed by atoms with Crippen molar-refractivity contribution in [2.24, 2.45) is 0 Å². The number of carbonyl (C=O) groups excluding carboxylic acids is 1. The summed E-state index contributed by atoms with van der Waals surface area (Å²) >= 11 is 6.03. The lowest BCUT2D eigenvalue weighted by atomic mass is 10.2. The van der Waals surface area contributed by atoms with Crippen LogP contribution in [0.4, 0.5) is 0 Å². The SMILES string of the molecule is COc1ccc(C(=O)NC(C)c2nc3ccccc3n2Cc2ccc(Cl)cc2)cc1. The number of benzene rings is 3. The Morgan fingerprint density at radius 2 is 1.77 bits per heavy atom. The second kappa shape index (κ2) is 8.59. The Balaban J connectivity index is 1.63. The minimum absolute atomic E-state index is 0.157. The van der Waals surface area contributed by atoms with Crippen LogP contribution in [0.25, 0.3) is 11.0 Å². The van der Waals surface area contributed by atoms with Crippen LogP contribution < -0.4 is 10.1 Å². The van der Waals surface area contributed by atoms with Gasteiger partial charge in [0.25, 0.3) is 5.91 Å². The minimum Gasteiger partial charge on any atom is -0.497 e. The quantitative estimate of drug-likeness (QED) is 0.465. The Labute approximate surface area is 180 Å². The average molecular weight is 420 g/mol. The summed E-state index contributed by atoms with van der Waals surface area (Å²) in [5.74, 6) is 1.35. The van der Waals surface area contributed by atoms with Crippen LogP contribution in [0.1, 0.15) is 34.7 Å². The number of para-hydroxylation sites is 2. The molecule has 30 heavy (non-hydrogen) atoms. The number of nitrogens with zero attached hydrogens (tertiary/aromatic N) is 2. The first-order valence-corrected chi connectivity index (χ1v) is 10.1. The van der Waals surface area contributed by atoms with E-state index in [0.29, 0.717) is 22.9 Å². The van der Waals surface area contributed by atoms with Crippen LogP contribution in [0, 0.1) is 0 Å². The number of methoxy groups -OCH3 is 1. The minimum atomic E-state index is -0.278. The van der Waals surface area contributed by atoms with E-state index in [1.165, 1.54) is 0 Å². The molecule has 0 spiro atoms. The third-order valence-electron chi connectivity index (χ3n) is 5.03. The number of halogens is 1. The molecule has 0 aliphatic carbocycles. The fraction of sp³-hybridized carbons (Fsp3) is 0.167. The van der Waals surface area contributed by atoms with E-state index in [1.807, 2.05) is 55.5 Å². The van der Waals surface area contributed by atoms with E-state index in [0.717, 1.165) is 22.4 Å². The van der Waals surface area contributed by atoms with E-state index in [2.05, 4.69) is 9.88 Å². The maximum atomic E-state index is 12.7. The lowest BCUT2D eigenvalue weighted by molar-refractivity contribution is 0.0937. The number of imidazole rings is 1. The normalized spacial score (nSPS) is 12.0. The maximum absolute atomic E-state index is 12.7. The van der Waals surface area contributed by atoms with Gasteiger partial charge in [-0.05, 0) is 61.0 Å². The summed E-state index contributed by atoms with van der Waals surface area (Å²) in [5, 5.41) is 3.77. The van der Waals surface area contributed by atoms with Gasteiger partial charge >= 0.3 is 0 Å². The number of hydrogen-bond acceptors (Lipinski definition) is 3. The van der Waals surface area contributed by atoms with Gasteiger partial charge in [-0.25, -0.2) is 4.98 Å². The summed E-state index contributed by atoms with van der Waals surface area (Å²) in [7, 11) is 1.60. The topological polar surface area (TPSA) is 56.1 Å². The molecule has 0 aliphatic rings. The van der Waals surface area contributed by atoms with E-state index in [-0.39, 0.29) is 11.9 Å². The molecule has 1 atom stereocenters. The summed E-state index contributed by atoms with van der Waals surface area (Å²) in [5.41, 5.74) is 3.60. The van der Waals surface area contributed by atoms with Crippen LogP contribution in [-0.4, -0.2) is 22.6 Å². The lowest BCUT2D eigenvalue weighted by Crippen LogP contribution is -2.28.